The van der Waals surface area contributed by atoms with Crippen LogP contribution < -0.4 is 10.1 Å². The highest BCUT2D eigenvalue weighted by atomic mass is 32.2. The van der Waals surface area contributed by atoms with Gasteiger partial charge in [0.15, 0.2) is 9.84 Å². The maximum Gasteiger partial charge on any atom is 0.175 e. The largest absolute Gasteiger partial charge is 0.494 e. The highest BCUT2D eigenvalue weighted by Gasteiger charge is 2.07. The first-order valence-electron chi connectivity index (χ1n) is 6.06. The Bertz CT molecular complexity index is 469. The third-order valence-corrected chi connectivity index (χ3v) is 3.49. The summed E-state index contributed by atoms with van der Waals surface area (Å²) in [4.78, 5) is 0.292. The van der Waals surface area contributed by atoms with E-state index in [1.54, 1.807) is 24.3 Å². The van der Waals surface area contributed by atoms with Crippen LogP contribution in [0.15, 0.2) is 29.2 Å². The summed E-state index contributed by atoms with van der Waals surface area (Å²) < 4.78 is 28.3. The minimum Gasteiger partial charge on any atom is -0.494 e. The molecule has 5 heteroatoms. The van der Waals surface area contributed by atoms with E-state index in [1.807, 2.05) is 0 Å². The van der Waals surface area contributed by atoms with Crippen LogP contribution in [0.2, 0.25) is 0 Å². The van der Waals surface area contributed by atoms with Crippen LogP contribution in [0.1, 0.15) is 20.3 Å². The molecular weight excluding hydrogens is 250 g/mol. The lowest BCUT2D eigenvalue weighted by Crippen LogP contribution is -2.24. The number of hydrogen-bond acceptors (Lipinski definition) is 4. The first kappa shape index (κ1) is 15.0. The van der Waals surface area contributed by atoms with Crippen molar-refractivity contribution in [2.45, 2.75) is 31.2 Å². The molecular formula is C13H21NO3S. The lowest BCUT2D eigenvalue weighted by molar-refractivity contribution is 0.305. The number of benzene rings is 1. The molecule has 0 saturated carbocycles. The second kappa shape index (κ2) is 6.75. The number of ether oxygens (including phenoxy) is 1. The Balaban J connectivity index is 2.44. The van der Waals surface area contributed by atoms with Gasteiger partial charge in [-0.05, 0) is 31.2 Å². The van der Waals surface area contributed by atoms with Gasteiger partial charge in [0, 0.05) is 12.3 Å². The number of nitrogens with one attached hydrogen (secondary N) is 1. The van der Waals surface area contributed by atoms with E-state index >= 15 is 0 Å². The average molecular weight is 271 g/mol. The van der Waals surface area contributed by atoms with Crippen LogP contribution in [0, 0.1) is 0 Å². The molecule has 0 unspecified atom stereocenters. The third kappa shape index (κ3) is 5.51. The second-order valence-corrected chi connectivity index (χ2v) is 6.57. The molecule has 0 bridgehead atoms. The predicted molar refractivity (Wildman–Crippen MR) is 72.8 cm³/mol. The Morgan fingerprint density at radius 3 is 2.67 bits per heavy atom. The molecule has 1 aromatic rings. The normalized spacial score (nSPS) is 11.8. The fourth-order valence-corrected chi connectivity index (χ4v) is 2.10. The lowest BCUT2D eigenvalue weighted by Gasteiger charge is -2.09. The van der Waals surface area contributed by atoms with E-state index in [2.05, 4.69) is 19.2 Å². The lowest BCUT2D eigenvalue weighted by atomic mass is 10.3. The summed E-state index contributed by atoms with van der Waals surface area (Å²) >= 11 is 0. The van der Waals surface area contributed by atoms with E-state index in [4.69, 9.17) is 4.74 Å². The van der Waals surface area contributed by atoms with Crippen molar-refractivity contribution >= 4 is 9.84 Å². The molecule has 0 atom stereocenters. The molecule has 0 aliphatic carbocycles. The molecule has 18 heavy (non-hydrogen) atoms. The Labute approximate surface area is 109 Å². The molecule has 0 fully saturated rings. The first-order valence-corrected chi connectivity index (χ1v) is 7.95. The molecule has 4 nitrogen and oxygen atoms in total. The maximum absolute atomic E-state index is 11.4. The van der Waals surface area contributed by atoms with Crippen molar-refractivity contribution in [1.82, 2.24) is 5.32 Å². The smallest absolute Gasteiger partial charge is 0.175 e. The van der Waals surface area contributed by atoms with Crippen LogP contribution in [0.4, 0.5) is 0 Å². The summed E-state index contributed by atoms with van der Waals surface area (Å²) in [6.45, 7) is 5.66. The molecule has 1 N–H and O–H groups in total. The average Bonchev–Trinajstić information content (AvgIpc) is 2.27. The molecule has 0 aromatic heterocycles. The third-order valence-electron chi connectivity index (χ3n) is 2.38. The molecule has 0 spiro atoms. The zero-order valence-corrected chi connectivity index (χ0v) is 12.0. The van der Waals surface area contributed by atoms with Crippen molar-refractivity contribution in [2.24, 2.45) is 0 Å². The minimum atomic E-state index is -3.16. The van der Waals surface area contributed by atoms with Gasteiger partial charge >= 0.3 is 0 Å². The van der Waals surface area contributed by atoms with E-state index in [9.17, 15) is 8.42 Å². The molecule has 1 rings (SSSR count). The highest BCUT2D eigenvalue weighted by Crippen LogP contribution is 2.17. The van der Waals surface area contributed by atoms with Crippen LogP contribution in [-0.4, -0.2) is 33.9 Å². The Hall–Kier alpha value is -1.07. The molecule has 0 saturated heterocycles. The van der Waals surface area contributed by atoms with Crippen LogP contribution in [-0.2, 0) is 9.84 Å². The van der Waals surface area contributed by atoms with Crippen molar-refractivity contribution < 1.29 is 13.2 Å². The quantitative estimate of drug-likeness (QED) is 0.769. The monoisotopic (exact) mass is 271 g/mol. The molecule has 0 amide bonds. The predicted octanol–water partition coefficient (Wildman–Crippen LogP) is 1.86. The fraction of sp³-hybridized carbons (Fsp3) is 0.538. The van der Waals surface area contributed by atoms with Gasteiger partial charge in [0.1, 0.15) is 5.75 Å². The molecule has 0 aliphatic rings. The van der Waals surface area contributed by atoms with Gasteiger partial charge in [0.25, 0.3) is 0 Å². The van der Waals surface area contributed by atoms with Crippen LogP contribution in [0.5, 0.6) is 5.75 Å². The summed E-state index contributed by atoms with van der Waals surface area (Å²) in [7, 11) is -3.16. The summed E-state index contributed by atoms with van der Waals surface area (Å²) in [5.74, 6) is 0.600. The Kier molecular flexibility index (Phi) is 5.62. The zero-order chi connectivity index (χ0) is 13.6. The summed E-state index contributed by atoms with van der Waals surface area (Å²) in [5.41, 5.74) is 0. The molecule has 0 heterocycles. The summed E-state index contributed by atoms with van der Waals surface area (Å²) in [5, 5.41) is 3.29. The SMILES string of the molecule is CC(C)NCCCOc1cccc(S(C)(=O)=O)c1. The Morgan fingerprint density at radius 1 is 1.33 bits per heavy atom. The fourth-order valence-electron chi connectivity index (χ4n) is 1.45. The zero-order valence-electron chi connectivity index (χ0n) is 11.1. The van der Waals surface area contributed by atoms with Crippen LogP contribution in [0.25, 0.3) is 0 Å². The summed E-state index contributed by atoms with van der Waals surface area (Å²) in [6.07, 6.45) is 2.08. The van der Waals surface area contributed by atoms with Crippen LogP contribution >= 0.6 is 0 Å². The minimum absolute atomic E-state index is 0.292. The number of sulfone groups is 1. The molecule has 1 aromatic carbocycles. The molecule has 0 aliphatic heterocycles. The van der Waals surface area contributed by atoms with Crippen molar-refractivity contribution in [3.05, 3.63) is 24.3 Å². The van der Waals surface area contributed by atoms with E-state index in [0.717, 1.165) is 13.0 Å². The summed E-state index contributed by atoms with van der Waals surface area (Å²) in [6, 6.07) is 7.06. The van der Waals surface area contributed by atoms with Crippen molar-refractivity contribution in [3.63, 3.8) is 0 Å². The Morgan fingerprint density at radius 2 is 2.06 bits per heavy atom. The highest BCUT2D eigenvalue weighted by molar-refractivity contribution is 7.90. The van der Waals surface area contributed by atoms with Gasteiger partial charge in [-0.3, -0.25) is 0 Å². The van der Waals surface area contributed by atoms with E-state index in [1.165, 1.54) is 6.26 Å². The van der Waals surface area contributed by atoms with Gasteiger partial charge in [-0.25, -0.2) is 8.42 Å². The van der Waals surface area contributed by atoms with E-state index in [0.29, 0.717) is 23.3 Å². The van der Waals surface area contributed by atoms with E-state index < -0.39 is 9.84 Å². The van der Waals surface area contributed by atoms with Gasteiger partial charge in [-0.15, -0.1) is 0 Å². The van der Waals surface area contributed by atoms with Gasteiger partial charge < -0.3 is 10.1 Å². The molecule has 102 valence electrons. The standard InChI is InChI=1S/C13H21NO3S/c1-11(2)14-8-5-9-17-12-6-4-7-13(10-12)18(3,15)16/h4,6-7,10-11,14H,5,8-9H2,1-3H3. The number of hydrogen-bond donors (Lipinski definition) is 1. The maximum atomic E-state index is 11.4. The topological polar surface area (TPSA) is 55.4 Å². The van der Waals surface area contributed by atoms with Gasteiger partial charge in [0.2, 0.25) is 0 Å². The van der Waals surface area contributed by atoms with Crippen molar-refractivity contribution in [1.29, 1.82) is 0 Å². The van der Waals surface area contributed by atoms with Crippen LogP contribution in [0.3, 0.4) is 0 Å². The first-order chi connectivity index (χ1) is 8.39. The second-order valence-electron chi connectivity index (χ2n) is 4.56. The van der Waals surface area contributed by atoms with Gasteiger partial charge in [0.05, 0.1) is 11.5 Å². The van der Waals surface area contributed by atoms with Crippen molar-refractivity contribution in [2.75, 3.05) is 19.4 Å². The van der Waals surface area contributed by atoms with Gasteiger partial charge in [-0.1, -0.05) is 19.9 Å². The van der Waals surface area contributed by atoms with E-state index in [-0.39, 0.29) is 0 Å². The van der Waals surface area contributed by atoms with Crippen molar-refractivity contribution in [3.8, 4) is 5.75 Å². The van der Waals surface area contributed by atoms with Gasteiger partial charge in [-0.2, -0.15) is 0 Å². The molecule has 0 radical (unpaired) electrons. The number of rotatable bonds is 7.